The molecule has 0 unspecified atom stereocenters. The number of hydrogen-bond donors (Lipinski definition) is 3. The fourth-order valence-electron chi connectivity index (χ4n) is 2.41. The first-order valence-electron chi connectivity index (χ1n) is 8.08. The molecule has 0 radical (unpaired) electrons. The number of carbonyl (C=O) groups is 1. The molecule has 2 aromatic rings. The summed E-state index contributed by atoms with van der Waals surface area (Å²) in [4.78, 5) is 17.5. The molecule has 1 fully saturated rings. The van der Waals surface area contributed by atoms with E-state index in [4.69, 9.17) is 16.4 Å². The second-order valence-corrected chi connectivity index (χ2v) is 8.09. The summed E-state index contributed by atoms with van der Waals surface area (Å²) in [5.74, 6) is -3.01. The topological polar surface area (TPSA) is 70.6 Å². The van der Waals surface area contributed by atoms with E-state index in [0.717, 1.165) is 28.5 Å². The summed E-state index contributed by atoms with van der Waals surface area (Å²) in [6.07, 6.45) is 1.62. The third kappa shape index (κ3) is 4.87. The number of benzene rings is 2. The predicted octanol–water partition coefficient (Wildman–Crippen LogP) is 4.40. The van der Waals surface area contributed by atoms with Crippen LogP contribution in [0.1, 0.15) is 23.2 Å². The summed E-state index contributed by atoms with van der Waals surface area (Å²) >= 11 is 8.24. The van der Waals surface area contributed by atoms with Gasteiger partial charge < -0.3 is 10.4 Å². The maximum absolute atomic E-state index is 13.7. The fraction of sp³-hybridized carbons (Fsp3) is 0.278. The largest absolute Gasteiger partial charge is 0.396 e. The Hall–Kier alpha value is -1.49. The van der Waals surface area contributed by atoms with E-state index in [1.807, 2.05) is 0 Å². The monoisotopic (exact) mass is 508 g/mol. The van der Waals surface area contributed by atoms with Crippen LogP contribution < -0.4 is 10.8 Å². The third-order valence-corrected chi connectivity index (χ3v) is 5.32. The van der Waals surface area contributed by atoms with Crippen LogP contribution in [0, 0.1) is 20.6 Å². The van der Waals surface area contributed by atoms with Crippen LogP contribution in [0.4, 0.5) is 20.2 Å². The van der Waals surface area contributed by atoms with E-state index in [9.17, 15) is 18.7 Å². The number of hydroxylamine groups is 1. The normalized spacial score (nSPS) is 14.7. The minimum absolute atomic E-state index is 0.0356. The summed E-state index contributed by atoms with van der Waals surface area (Å²) in [5, 5.41) is 12.5. The maximum Gasteiger partial charge on any atom is 0.277 e. The van der Waals surface area contributed by atoms with E-state index >= 15 is 0 Å². The summed E-state index contributed by atoms with van der Waals surface area (Å²) < 4.78 is 28.3. The average molecular weight is 509 g/mol. The fourth-order valence-corrected chi connectivity index (χ4v) is 3.31. The predicted molar refractivity (Wildman–Crippen MR) is 106 cm³/mol. The van der Waals surface area contributed by atoms with Gasteiger partial charge in [-0.05, 0) is 59.7 Å². The molecule has 0 bridgehead atoms. The van der Waals surface area contributed by atoms with Crippen molar-refractivity contribution in [3.63, 3.8) is 0 Å². The molecule has 1 aliphatic carbocycles. The van der Waals surface area contributed by atoms with Crippen LogP contribution >= 0.6 is 34.2 Å². The van der Waals surface area contributed by atoms with Gasteiger partial charge in [0.1, 0.15) is 0 Å². The molecule has 3 N–H and O–H groups in total. The Morgan fingerprint density at radius 1 is 1.22 bits per heavy atom. The molecule has 3 rings (SSSR count). The van der Waals surface area contributed by atoms with Crippen molar-refractivity contribution in [2.75, 3.05) is 18.5 Å². The number of anilines is 2. The van der Waals surface area contributed by atoms with E-state index < -0.39 is 17.5 Å². The Balaban J connectivity index is 1.79. The van der Waals surface area contributed by atoms with E-state index in [1.165, 1.54) is 0 Å². The van der Waals surface area contributed by atoms with Gasteiger partial charge >= 0.3 is 0 Å². The van der Waals surface area contributed by atoms with Crippen LogP contribution in [0.3, 0.4) is 0 Å². The Kier molecular flexibility index (Phi) is 6.19. The summed E-state index contributed by atoms with van der Waals surface area (Å²) in [5.41, 5.74) is 2.23. The number of nitrogens with one attached hydrogen (secondary N) is 2. The molecular weight excluding hydrogens is 493 g/mol. The zero-order valence-electron chi connectivity index (χ0n) is 14.0. The van der Waals surface area contributed by atoms with E-state index in [0.29, 0.717) is 10.7 Å². The van der Waals surface area contributed by atoms with Crippen molar-refractivity contribution < 1.29 is 23.5 Å². The molecule has 27 heavy (non-hydrogen) atoms. The lowest BCUT2D eigenvalue weighted by atomic mass is 10.1. The highest BCUT2D eigenvalue weighted by Crippen LogP contribution is 2.44. The standard InChI is InChI=1S/C18H16ClF2IN2O3/c19-12-5-10(22)1-2-15(12)23-16-7-14(21)13(20)6-11(16)17(26)24-27-9-18(8-25)3-4-18/h1-2,5-7,23,25H,3-4,8-9H2,(H,24,26). The van der Waals surface area contributed by atoms with Gasteiger partial charge in [-0.25, -0.2) is 14.3 Å². The van der Waals surface area contributed by atoms with Gasteiger partial charge in [0.2, 0.25) is 0 Å². The first-order chi connectivity index (χ1) is 12.8. The van der Waals surface area contributed by atoms with Crippen molar-refractivity contribution in [1.82, 2.24) is 5.48 Å². The molecule has 0 heterocycles. The second kappa shape index (κ2) is 8.26. The molecule has 144 valence electrons. The van der Waals surface area contributed by atoms with E-state index in [-0.39, 0.29) is 29.9 Å². The summed E-state index contributed by atoms with van der Waals surface area (Å²) in [7, 11) is 0. The number of rotatable bonds is 7. The van der Waals surface area contributed by atoms with Crippen molar-refractivity contribution in [2.45, 2.75) is 12.8 Å². The highest BCUT2D eigenvalue weighted by molar-refractivity contribution is 14.1. The van der Waals surface area contributed by atoms with Crippen molar-refractivity contribution in [3.8, 4) is 0 Å². The number of aliphatic hydroxyl groups is 1. The van der Waals surface area contributed by atoms with Gasteiger partial charge in [0.05, 0.1) is 35.2 Å². The third-order valence-electron chi connectivity index (χ3n) is 4.34. The Bertz CT molecular complexity index is 878. The highest BCUT2D eigenvalue weighted by Gasteiger charge is 2.42. The van der Waals surface area contributed by atoms with Gasteiger partial charge in [-0.15, -0.1) is 0 Å². The van der Waals surface area contributed by atoms with Crippen molar-refractivity contribution >= 4 is 51.5 Å². The molecule has 1 aliphatic rings. The second-order valence-electron chi connectivity index (χ2n) is 6.44. The lowest BCUT2D eigenvalue weighted by Gasteiger charge is -2.15. The molecule has 0 saturated heterocycles. The van der Waals surface area contributed by atoms with Crippen LogP contribution in [0.5, 0.6) is 0 Å². The van der Waals surface area contributed by atoms with Crippen LogP contribution in [-0.2, 0) is 4.84 Å². The van der Waals surface area contributed by atoms with Crippen molar-refractivity contribution in [2.24, 2.45) is 5.41 Å². The number of amides is 1. The van der Waals surface area contributed by atoms with E-state index in [1.54, 1.807) is 18.2 Å². The molecule has 9 heteroatoms. The molecular formula is C18H16ClF2IN2O3. The molecule has 0 atom stereocenters. The maximum atomic E-state index is 13.7. The van der Waals surface area contributed by atoms with Gasteiger partial charge in [0.15, 0.2) is 11.6 Å². The van der Waals surface area contributed by atoms with Gasteiger partial charge in [0.25, 0.3) is 5.91 Å². The minimum Gasteiger partial charge on any atom is -0.396 e. The van der Waals surface area contributed by atoms with Gasteiger partial charge in [-0.2, -0.15) is 0 Å². The summed E-state index contributed by atoms with van der Waals surface area (Å²) in [6, 6.07) is 6.81. The first kappa shape index (κ1) is 20.2. The SMILES string of the molecule is O=C(NOCC1(CO)CC1)c1cc(F)c(F)cc1Nc1ccc(I)cc1Cl. The van der Waals surface area contributed by atoms with Crippen molar-refractivity contribution in [3.05, 3.63) is 56.1 Å². The van der Waals surface area contributed by atoms with Gasteiger partial charge in [-0.1, -0.05) is 11.6 Å². The lowest BCUT2D eigenvalue weighted by Crippen LogP contribution is -2.29. The first-order valence-corrected chi connectivity index (χ1v) is 9.53. The Morgan fingerprint density at radius 2 is 1.93 bits per heavy atom. The number of halogens is 4. The number of carbonyl (C=O) groups excluding carboxylic acids is 1. The summed E-state index contributed by atoms with van der Waals surface area (Å²) in [6.45, 7) is 0.108. The van der Waals surface area contributed by atoms with Crippen LogP contribution in [0.25, 0.3) is 0 Å². The zero-order valence-corrected chi connectivity index (χ0v) is 16.9. The van der Waals surface area contributed by atoms with Crippen LogP contribution in [0.15, 0.2) is 30.3 Å². The van der Waals surface area contributed by atoms with E-state index in [2.05, 4.69) is 33.4 Å². The minimum atomic E-state index is -1.16. The van der Waals surface area contributed by atoms with Crippen LogP contribution in [-0.4, -0.2) is 24.2 Å². The Labute approximate surface area is 173 Å². The number of hydrogen-bond acceptors (Lipinski definition) is 4. The molecule has 0 spiro atoms. The van der Waals surface area contributed by atoms with Crippen LogP contribution in [0.2, 0.25) is 5.02 Å². The molecule has 1 amide bonds. The zero-order chi connectivity index (χ0) is 19.6. The smallest absolute Gasteiger partial charge is 0.277 e. The average Bonchev–Trinajstić information content (AvgIpc) is 3.40. The molecule has 1 saturated carbocycles. The van der Waals surface area contributed by atoms with Crippen molar-refractivity contribution in [1.29, 1.82) is 0 Å². The highest BCUT2D eigenvalue weighted by atomic mass is 127. The van der Waals surface area contributed by atoms with Gasteiger partial charge in [0, 0.05) is 15.1 Å². The molecule has 0 aliphatic heterocycles. The van der Waals surface area contributed by atoms with Gasteiger partial charge in [-0.3, -0.25) is 9.63 Å². The molecule has 0 aromatic heterocycles. The Morgan fingerprint density at radius 3 is 2.56 bits per heavy atom. The number of aliphatic hydroxyl groups excluding tert-OH is 1. The molecule has 5 nitrogen and oxygen atoms in total. The lowest BCUT2D eigenvalue weighted by molar-refractivity contribution is -0.0000435. The molecule has 2 aromatic carbocycles. The quantitative estimate of drug-likeness (QED) is 0.383.